The van der Waals surface area contributed by atoms with E-state index in [-0.39, 0.29) is 0 Å². The number of hydrogen-bond donors (Lipinski definition) is 1. The molecule has 0 aromatic heterocycles. The van der Waals surface area contributed by atoms with Gasteiger partial charge in [0, 0.05) is 0 Å². The van der Waals surface area contributed by atoms with Crippen LogP contribution in [0.25, 0.3) is 0 Å². The quantitative estimate of drug-likeness (QED) is 0.316. The van der Waals surface area contributed by atoms with Crippen LogP contribution < -0.4 is 0 Å². The van der Waals surface area contributed by atoms with Crippen LogP contribution in [0.1, 0.15) is 0 Å². The maximum atomic E-state index is 8.35. The molecule has 0 unspecified atom stereocenters. The summed E-state index contributed by atoms with van der Waals surface area (Å²) in [4.78, 5) is 16.3. The molecule has 0 aliphatic carbocycles. The zero-order chi connectivity index (χ0) is 4.71. The number of rotatable bonds is 0. The summed E-state index contributed by atoms with van der Waals surface area (Å²) in [5.74, 6) is 0. The fraction of sp³-hybridized carbons (Fsp3) is 0. The molecule has 0 saturated heterocycles. The SMILES string of the molecule is C=O.N=C=O. The molecule has 5 heavy (non-hydrogen) atoms. The van der Waals surface area contributed by atoms with E-state index in [0.29, 0.717) is 0 Å². The van der Waals surface area contributed by atoms with E-state index in [1.54, 1.807) is 0 Å². The van der Waals surface area contributed by atoms with Gasteiger partial charge in [0.25, 0.3) is 0 Å². The molecule has 0 atom stereocenters. The molecule has 0 aromatic rings. The second-order valence-electron chi connectivity index (χ2n) is 0.102. The smallest absolute Gasteiger partial charge is 0.231 e. The molecular weight excluding hydrogens is 70.0 g/mol. The standard InChI is InChI=1S/CHNO.CH2O/c2-1-3;1-2/h2H;1H2. The Morgan fingerprint density at radius 2 is 1.60 bits per heavy atom. The predicted molar refractivity (Wildman–Crippen MR) is 15.5 cm³/mol. The van der Waals surface area contributed by atoms with Gasteiger partial charge in [-0.15, -0.1) is 0 Å². The average molecular weight is 73.1 g/mol. The Morgan fingerprint density at radius 1 is 1.60 bits per heavy atom. The van der Waals surface area contributed by atoms with E-state index in [0.717, 1.165) is 6.08 Å². The van der Waals surface area contributed by atoms with Crippen LogP contribution in [0.5, 0.6) is 0 Å². The summed E-state index contributed by atoms with van der Waals surface area (Å²) >= 11 is 0. The monoisotopic (exact) mass is 73.0 g/mol. The molecule has 0 bridgehead atoms. The maximum Gasteiger partial charge on any atom is 0.231 e. The zero-order valence-corrected chi connectivity index (χ0v) is 2.52. The van der Waals surface area contributed by atoms with Crippen molar-refractivity contribution in [2.75, 3.05) is 0 Å². The molecule has 0 rings (SSSR count). The lowest BCUT2D eigenvalue weighted by molar-refractivity contribution is -0.0979. The largest absolute Gasteiger partial charge is 0.307 e. The Kier molecular flexibility index (Phi) is 9190. The fourth-order valence-electron chi connectivity index (χ4n) is 0. The first-order chi connectivity index (χ1) is 2.41. The number of nitrogens with one attached hydrogen (secondary N) is 1. The minimum Gasteiger partial charge on any atom is -0.307 e. The summed E-state index contributed by atoms with van der Waals surface area (Å²) in [6, 6.07) is 0. The topological polar surface area (TPSA) is 58.0 Å². The van der Waals surface area contributed by atoms with Crippen LogP contribution in [0.2, 0.25) is 0 Å². The summed E-state index contributed by atoms with van der Waals surface area (Å²) < 4.78 is 0. The van der Waals surface area contributed by atoms with Gasteiger partial charge in [0.05, 0.1) is 0 Å². The third-order valence-corrected chi connectivity index (χ3v) is 0. The summed E-state index contributed by atoms with van der Waals surface area (Å²) in [5, 5.41) is 5.40. The van der Waals surface area contributed by atoms with E-state index in [1.165, 1.54) is 0 Å². The minimum absolute atomic E-state index is 0.750. The molecule has 0 aromatic carbocycles. The minimum atomic E-state index is 0.750. The second kappa shape index (κ2) is 5130. The van der Waals surface area contributed by atoms with Gasteiger partial charge in [0.1, 0.15) is 6.79 Å². The number of isocyanates is 1. The number of carbonyl (C=O) groups excluding carboxylic acids is 2. The van der Waals surface area contributed by atoms with Crippen molar-refractivity contribution in [3.05, 3.63) is 0 Å². The Morgan fingerprint density at radius 3 is 1.60 bits per heavy atom. The van der Waals surface area contributed by atoms with E-state index >= 15 is 0 Å². The van der Waals surface area contributed by atoms with Crippen molar-refractivity contribution in [2.24, 2.45) is 0 Å². The molecule has 0 spiro atoms. The van der Waals surface area contributed by atoms with Crippen molar-refractivity contribution in [3.63, 3.8) is 0 Å². The highest BCUT2D eigenvalue weighted by atomic mass is 16.1. The third kappa shape index (κ3) is 3.73. The summed E-state index contributed by atoms with van der Waals surface area (Å²) in [6.07, 6.45) is 0.750. The molecular formula is C2H3NO2. The molecule has 0 heterocycles. The molecule has 0 radical (unpaired) electrons. The van der Waals surface area contributed by atoms with Crippen LogP contribution in [0.3, 0.4) is 0 Å². The van der Waals surface area contributed by atoms with Gasteiger partial charge in [0.2, 0.25) is 6.08 Å². The fourth-order valence-corrected chi connectivity index (χ4v) is 0. The Hall–Kier alpha value is -0.950. The van der Waals surface area contributed by atoms with Gasteiger partial charge in [-0.3, -0.25) is 0 Å². The highest BCUT2D eigenvalue weighted by molar-refractivity contribution is 5.26. The first-order valence-electron chi connectivity index (χ1n) is 0.743. The number of carbonyl (C=O) groups is 1. The van der Waals surface area contributed by atoms with E-state index in [4.69, 9.17) is 15.0 Å². The molecule has 0 aliphatic heterocycles. The lowest BCUT2D eigenvalue weighted by Gasteiger charge is -1.02. The van der Waals surface area contributed by atoms with Crippen molar-refractivity contribution in [1.82, 2.24) is 0 Å². The molecule has 0 amide bonds. The lowest BCUT2D eigenvalue weighted by atomic mass is 11.7. The van der Waals surface area contributed by atoms with E-state index in [2.05, 4.69) is 0 Å². The summed E-state index contributed by atoms with van der Waals surface area (Å²) in [6.45, 7) is 2.00. The first kappa shape index (κ1) is 8.96. The molecule has 0 saturated carbocycles. The Bertz CT molecular complexity index is 36.9. The van der Waals surface area contributed by atoms with E-state index < -0.39 is 0 Å². The molecule has 1 N–H and O–H groups in total. The third-order valence-electron chi connectivity index (χ3n) is 0. The first-order valence-corrected chi connectivity index (χ1v) is 0.743. The van der Waals surface area contributed by atoms with Crippen molar-refractivity contribution >= 4 is 12.9 Å². The Labute approximate surface area is 29.1 Å². The molecule has 0 aliphatic rings. The van der Waals surface area contributed by atoms with Crippen LogP contribution in [0.4, 0.5) is 0 Å². The van der Waals surface area contributed by atoms with Crippen molar-refractivity contribution in [1.29, 1.82) is 5.41 Å². The van der Waals surface area contributed by atoms with Crippen LogP contribution >= 0.6 is 0 Å². The van der Waals surface area contributed by atoms with Crippen molar-refractivity contribution in [2.45, 2.75) is 0 Å². The second-order valence-corrected chi connectivity index (χ2v) is 0.102. The molecule has 28 valence electrons. The van der Waals surface area contributed by atoms with Crippen LogP contribution in [0, 0.1) is 5.41 Å². The Balaban J connectivity index is 0. The van der Waals surface area contributed by atoms with Gasteiger partial charge in [0.15, 0.2) is 0 Å². The average Bonchev–Trinajstić information content (AvgIpc) is 1.46. The van der Waals surface area contributed by atoms with Crippen LogP contribution in [-0.2, 0) is 9.59 Å². The normalized spacial score (nSPS) is 2.40. The van der Waals surface area contributed by atoms with Gasteiger partial charge >= 0.3 is 0 Å². The lowest BCUT2D eigenvalue weighted by Crippen LogP contribution is -1.16. The maximum absolute atomic E-state index is 8.35. The van der Waals surface area contributed by atoms with Gasteiger partial charge in [-0.25, -0.2) is 10.2 Å². The van der Waals surface area contributed by atoms with Crippen molar-refractivity contribution in [3.8, 4) is 0 Å². The summed E-state index contributed by atoms with van der Waals surface area (Å²) in [7, 11) is 0. The highest BCUT2D eigenvalue weighted by Gasteiger charge is 1.03. The predicted octanol–water partition coefficient (Wildman–Crippen LogP) is -0.284. The van der Waals surface area contributed by atoms with Gasteiger partial charge < -0.3 is 4.79 Å². The van der Waals surface area contributed by atoms with Gasteiger partial charge in [-0.05, 0) is 0 Å². The highest BCUT2D eigenvalue weighted by Crippen LogP contribution is 0.868. The van der Waals surface area contributed by atoms with Gasteiger partial charge in [-0.2, -0.15) is 0 Å². The van der Waals surface area contributed by atoms with Crippen LogP contribution in [0.15, 0.2) is 0 Å². The molecule has 0 fully saturated rings. The van der Waals surface area contributed by atoms with E-state index in [1.807, 2.05) is 6.79 Å². The van der Waals surface area contributed by atoms with Crippen LogP contribution in [-0.4, -0.2) is 12.9 Å². The molecule has 3 nitrogen and oxygen atoms in total. The zero-order valence-electron chi connectivity index (χ0n) is 2.52. The molecule has 3 heteroatoms. The van der Waals surface area contributed by atoms with E-state index in [9.17, 15) is 0 Å². The van der Waals surface area contributed by atoms with Gasteiger partial charge in [-0.1, -0.05) is 0 Å². The summed E-state index contributed by atoms with van der Waals surface area (Å²) in [5.41, 5.74) is 0. The number of hydrogen-bond acceptors (Lipinski definition) is 3. The van der Waals surface area contributed by atoms with Crippen molar-refractivity contribution < 1.29 is 9.59 Å².